The molecule has 0 aliphatic carbocycles. The van der Waals surface area contributed by atoms with Crippen molar-refractivity contribution in [3.8, 4) is 5.88 Å². The van der Waals surface area contributed by atoms with Crippen molar-refractivity contribution in [1.82, 2.24) is 9.97 Å². The van der Waals surface area contributed by atoms with Crippen LogP contribution in [0.2, 0.25) is 0 Å². The lowest BCUT2D eigenvalue weighted by Gasteiger charge is -2.11. The molecular weight excluding hydrogens is 180 g/mol. The highest BCUT2D eigenvalue weighted by molar-refractivity contribution is 5.65. The summed E-state index contributed by atoms with van der Waals surface area (Å²) in [5.74, 6) is 1.49. The Morgan fingerprint density at radius 1 is 1.50 bits per heavy atom. The van der Waals surface area contributed by atoms with E-state index in [9.17, 15) is 0 Å². The molecule has 0 unspecified atom stereocenters. The first kappa shape index (κ1) is 10.6. The van der Waals surface area contributed by atoms with Crippen LogP contribution in [0.5, 0.6) is 5.88 Å². The Balaban J connectivity index is 2.76. The lowest BCUT2D eigenvalue weighted by molar-refractivity contribution is 0.262. The van der Waals surface area contributed by atoms with Crippen molar-refractivity contribution in [3.63, 3.8) is 0 Å². The highest BCUT2D eigenvalue weighted by atomic mass is 16.5. The molecule has 0 spiro atoms. The normalized spacial score (nSPS) is 10.3. The van der Waals surface area contributed by atoms with E-state index in [0.29, 0.717) is 29.9 Å². The van der Waals surface area contributed by atoms with Crippen LogP contribution in [0.3, 0.4) is 0 Å². The van der Waals surface area contributed by atoms with Crippen LogP contribution in [-0.2, 0) is 0 Å². The second-order valence-corrected chi connectivity index (χ2v) is 3.40. The van der Waals surface area contributed by atoms with Crippen molar-refractivity contribution in [2.75, 3.05) is 24.7 Å². The molecule has 1 aromatic rings. The Labute approximate surface area is 83.7 Å². The summed E-state index contributed by atoms with van der Waals surface area (Å²) < 4.78 is 5.42. The van der Waals surface area contributed by atoms with Gasteiger partial charge < -0.3 is 15.8 Å². The minimum atomic E-state index is 0.443. The molecule has 0 amide bonds. The van der Waals surface area contributed by atoms with Gasteiger partial charge in [-0.25, -0.2) is 4.98 Å². The number of rotatable bonds is 4. The molecule has 14 heavy (non-hydrogen) atoms. The third-order valence-electron chi connectivity index (χ3n) is 1.64. The first-order chi connectivity index (χ1) is 6.65. The summed E-state index contributed by atoms with van der Waals surface area (Å²) in [6, 6.07) is 0. The Kier molecular flexibility index (Phi) is 3.50. The van der Waals surface area contributed by atoms with Crippen molar-refractivity contribution in [1.29, 1.82) is 0 Å². The number of nitrogens with one attached hydrogen (secondary N) is 1. The fourth-order valence-corrected chi connectivity index (χ4v) is 0.939. The summed E-state index contributed by atoms with van der Waals surface area (Å²) in [6.07, 6.45) is 1.43. The van der Waals surface area contributed by atoms with Crippen molar-refractivity contribution in [2.45, 2.75) is 13.8 Å². The molecule has 5 nitrogen and oxygen atoms in total. The lowest BCUT2D eigenvalue weighted by Crippen LogP contribution is -2.09. The number of nitrogens with zero attached hydrogens (tertiary/aromatic N) is 2. The highest BCUT2D eigenvalue weighted by Crippen LogP contribution is 2.24. The third-order valence-corrected chi connectivity index (χ3v) is 1.64. The average Bonchev–Trinajstić information content (AvgIpc) is 2.16. The van der Waals surface area contributed by atoms with Crippen LogP contribution in [0.1, 0.15) is 13.8 Å². The van der Waals surface area contributed by atoms with Gasteiger partial charge in [-0.3, -0.25) is 0 Å². The summed E-state index contributed by atoms with van der Waals surface area (Å²) in [4.78, 5) is 7.92. The average molecular weight is 196 g/mol. The predicted octanol–water partition coefficient (Wildman–Crippen LogP) is 1.14. The second kappa shape index (κ2) is 4.64. The number of ether oxygens (including phenoxy) is 1. The summed E-state index contributed by atoms with van der Waals surface area (Å²) in [7, 11) is 1.75. The van der Waals surface area contributed by atoms with Gasteiger partial charge in [0.2, 0.25) is 5.88 Å². The number of hydrogen-bond donors (Lipinski definition) is 2. The molecule has 0 saturated heterocycles. The maximum atomic E-state index is 5.77. The van der Waals surface area contributed by atoms with Crippen LogP contribution < -0.4 is 15.8 Å². The summed E-state index contributed by atoms with van der Waals surface area (Å²) in [6.45, 7) is 4.73. The fraction of sp³-hybridized carbons (Fsp3) is 0.556. The van der Waals surface area contributed by atoms with Crippen LogP contribution >= 0.6 is 0 Å². The number of hydrogen-bond acceptors (Lipinski definition) is 5. The van der Waals surface area contributed by atoms with Gasteiger partial charge >= 0.3 is 0 Å². The molecule has 0 aromatic carbocycles. The van der Waals surface area contributed by atoms with Crippen LogP contribution in [0.15, 0.2) is 6.33 Å². The molecule has 1 aromatic heterocycles. The number of anilines is 2. The van der Waals surface area contributed by atoms with Gasteiger partial charge in [0.25, 0.3) is 0 Å². The summed E-state index contributed by atoms with van der Waals surface area (Å²) >= 11 is 0. The minimum Gasteiger partial charge on any atom is -0.476 e. The summed E-state index contributed by atoms with van der Waals surface area (Å²) in [5.41, 5.74) is 6.22. The lowest BCUT2D eigenvalue weighted by atomic mass is 10.2. The van der Waals surface area contributed by atoms with Gasteiger partial charge in [-0.1, -0.05) is 13.8 Å². The molecule has 3 N–H and O–H groups in total. The zero-order valence-corrected chi connectivity index (χ0v) is 8.74. The Morgan fingerprint density at radius 2 is 2.21 bits per heavy atom. The topological polar surface area (TPSA) is 73.1 Å². The Bertz CT molecular complexity index is 301. The van der Waals surface area contributed by atoms with Gasteiger partial charge in [0.1, 0.15) is 12.0 Å². The molecular formula is C9H16N4O. The summed E-state index contributed by atoms with van der Waals surface area (Å²) in [5, 5.41) is 2.87. The third kappa shape index (κ3) is 2.48. The standard InChI is InChI=1S/C9H16N4O/c1-6(2)4-14-9-7(10)8(11-3)12-5-13-9/h5-6H,4,10H2,1-3H3,(H,11,12,13). The van der Waals surface area contributed by atoms with Gasteiger partial charge in [-0.2, -0.15) is 4.98 Å². The highest BCUT2D eigenvalue weighted by Gasteiger charge is 2.07. The van der Waals surface area contributed by atoms with E-state index < -0.39 is 0 Å². The van der Waals surface area contributed by atoms with Crippen molar-refractivity contribution in [3.05, 3.63) is 6.33 Å². The Hall–Kier alpha value is -1.52. The molecule has 0 bridgehead atoms. The zero-order chi connectivity index (χ0) is 10.6. The van der Waals surface area contributed by atoms with Crippen molar-refractivity contribution in [2.24, 2.45) is 5.92 Å². The van der Waals surface area contributed by atoms with E-state index in [1.807, 2.05) is 0 Å². The molecule has 0 radical (unpaired) electrons. The largest absolute Gasteiger partial charge is 0.476 e. The van der Waals surface area contributed by atoms with Gasteiger partial charge in [0, 0.05) is 7.05 Å². The van der Waals surface area contributed by atoms with Gasteiger partial charge in [-0.15, -0.1) is 0 Å². The quantitative estimate of drug-likeness (QED) is 0.755. The van der Waals surface area contributed by atoms with E-state index in [4.69, 9.17) is 10.5 Å². The number of aromatic nitrogens is 2. The minimum absolute atomic E-state index is 0.443. The van der Waals surface area contributed by atoms with Gasteiger partial charge in [-0.05, 0) is 5.92 Å². The molecule has 0 aliphatic heterocycles. The molecule has 0 aliphatic rings. The molecule has 0 fully saturated rings. The fourth-order valence-electron chi connectivity index (χ4n) is 0.939. The monoisotopic (exact) mass is 196 g/mol. The smallest absolute Gasteiger partial charge is 0.242 e. The number of nitrogen functional groups attached to an aromatic ring is 1. The first-order valence-electron chi connectivity index (χ1n) is 4.56. The maximum absolute atomic E-state index is 5.77. The van der Waals surface area contributed by atoms with E-state index in [-0.39, 0.29) is 0 Å². The molecule has 5 heteroatoms. The van der Waals surface area contributed by atoms with Crippen LogP contribution in [0.4, 0.5) is 11.5 Å². The van der Waals surface area contributed by atoms with E-state index in [2.05, 4.69) is 29.1 Å². The van der Waals surface area contributed by atoms with E-state index in [1.165, 1.54) is 6.33 Å². The van der Waals surface area contributed by atoms with E-state index in [1.54, 1.807) is 7.05 Å². The van der Waals surface area contributed by atoms with Crippen molar-refractivity contribution >= 4 is 11.5 Å². The molecule has 1 heterocycles. The Morgan fingerprint density at radius 3 is 2.79 bits per heavy atom. The predicted molar refractivity (Wildman–Crippen MR) is 56.3 cm³/mol. The van der Waals surface area contributed by atoms with Crippen LogP contribution in [-0.4, -0.2) is 23.6 Å². The van der Waals surface area contributed by atoms with Crippen molar-refractivity contribution < 1.29 is 4.74 Å². The number of nitrogens with two attached hydrogens (primary N) is 1. The van der Waals surface area contributed by atoms with E-state index in [0.717, 1.165) is 0 Å². The SMILES string of the molecule is CNc1ncnc(OCC(C)C)c1N. The molecule has 0 saturated carbocycles. The van der Waals surface area contributed by atoms with Gasteiger partial charge in [0.15, 0.2) is 5.82 Å². The van der Waals surface area contributed by atoms with Gasteiger partial charge in [0.05, 0.1) is 6.61 Å². The molecule has 0 atom stereocenters. The van der Waals surface area contributed by atoms with Crippen LogP contribution in [0.25, 0.3) is 0 Å². The molecule has 1 rings (SSSR count). The van der Waals surface area contributed by atoms with Crippen LogP contribution in [0, 0.1) is 5.92 Å². The zero-order valence-electron chi connectivity index (χ0n) is 8.74. The van der Waals surface area contributed by atoms with E-state index >= 15 is 0 Å². The second-order valence-electron chi connectivity index (χ2n) is 3.40. The molecule has 78 valence electrons. The first-order valence-corrected chi connectivity index (χ1v) is 4.56. The maximum Gasteiger partial charge on any atom is 0.242 e.